The Morgan fingerprint density at radius 1 is 1.19 bits per heavy atom. The molecule has 37 heavy (non-hydrogen) atoms. The van der Waals surface area contributed by atoms with E-state index in [1.807, 2.05) is 28.4 Å². The molecule has 1 saturated heterocycles. The van der Waals surface area contributed by atoms with Crippen molar-refractivity contribution in [3.05, 3.63) is 69.9 Å². The Morgan fingerprint density at radius 3 is 2.70 bits per heavy atom. The highest BCUT2D eigenvalue weighted by molar-refractivity contribution is 5.79. The average Bonchev–Trinajstić information content (AvgIpc) is 3.50. The van der Waals surface area contributed by atoms with Crippen LogP contribution in [0.4, 0.5) is 0 Å². The number of H-pyrrole nitrogens is 1. The van der Waals surface area contributed by atoms with E-state index in [1.165, 1.54) is 11.1 Å². The van der Waals surface area contributed by atoms with Crippen molar-refractivity contribution >= 4 is 11.0 Å². The van der Waals surface area contributed by atoms with Gasteiger partial charge in [-0.25, -0.2) is 4.98 Å². The van der Waals surface area contributed by atoms with E-state index < -0.39 is 0 Å². The van der Waals surface area contributed by atoms with E-state index in [-0.39, 0.29) is 11.0 Å². The number of nitrogens with one attached hydrogen (secondary N) is 1. The lowest BCUT2D eigenvalue weighted by Crippen LogP contribution is -2.43. The molecule has 0 radical (unpaired) electrons. The first-order chi connectivity index (χ1) is 18.0. The maximum Gasteiger partial charge on any atom is 0.281 e. The molecule has 3 aliphatic rings. The van der Waals surface area contributed by atoms with E-state index in [0.29, 0.717) is 23.9 Å². The molecule has 2 aliphatic carbocycles. The molecule has 9 nitrogen and oxygen atoms in total. The normalized spacial score (nSPS) is 24.4. The number of aromatic nitrogens is 6. The molecule has 3 fully saturated rings. The van der Waals surface area contributed by atoms with Gasteiger partial charge in [0.1, 0.15) is 23.5 Å². The third-order valence-electron chi connectivity index (χ3n) is 8.43. The second-order valence-corrected chi connectivity index (χ2v) is 11.2. The van der Waals surface area contributed by atoms with E-state index in [0.717, 1.165) is 74.8 Å². The zero-order valence-electron chi connectivity index (χ0n) is 21.5. The quantitative estimate of drug-likeness (QED) is 0.438. The van der Waals surface area contributed by atoms with Gasteiger partial charge in [-0.15, -0.1) is 10.2 Å². The average molecular weight is 500 g/mol. The van der Waals surface area contributed by atoms with Crippen molar-refractivity contribution in [3.8, 4) is 5.69 Å². The molecular formula is C28H33N7O2. The number of aromatic amines is 1. The molecule has 0 amide bonds. The largest absolute Gasteiger partial charge is 0.379 e. The predicted octanol–water partition coefficient (Wildman–Crippen LogP) is 3.27. The molecule has 3 aromatic heterocycles. The first kappa shape index (κ1) is 22.9. The Labute approximate surface area is 215 Å². The third-order valence-corrected chi connectivity index (χ3v) is 8.43. The fourth-order valence-electron chi connectivity index (χ4n) is 6.44. The molecule has 0 atom stereocenters. The summed E-state index contributed by atoms with van der Waals surface area (Å²) in [6.45, 7) is 6.24. The van der Waals surface area contributed by atoms with Crippen molar-refractivity contribution in [1.29, 1.82) is 0 Å². The smallest absolute Gasteiger partial charge is 0.281 e. The van der Waals surface area contributed by atoms with Crippen LogP contribution in [0.2, 0.25) is 0 Å². The van der Waals surface area contributed by atoms with Crippen LogP contribution >= 0.6 is 0 Å². The number of hydrogen-bond acceptors (Lipinski definition) is 6. The molecule has 1 N–H and O–H groups in total. The van der Waals surface area contributed by atoms with E-state index in [2.05, 4.69) is 45.2 Å². The molecular weight excluding hydrogens is 466 g/mol. The van der Waals surface area contributed by atoms with E-state index in [9.17, 15) is 4.79 Å². The summed E-state index contributed by atoms with van der Waals surface area (Å²) in [5.41, 5.74) is 4.47. The number of rotatable bonds is 6. The van der Waals surface area contributed by atoms with Gasteiger partial charge in [-0.05, 0) is 55.2 Å². The van der Waals surface area contributed by atoms with Gasteiger partial charge >= 0.3 is 0 Å². The second kappa shape index (κ2) is 8.63. The Bertz CT molecular complexity index is 1520. The van der Waals surface area contributed by atoms with Crippen molar-refractivity contribution in [1.82, 2.24) is 34.2 Å². The van der Waals surface area contributed by atoms with Crippen molar-refractivity contribution < 1.29 is 4.74 Å². The molecule has 9 heteroatoms. The maximum absolute atomic E-state index is 13.8. The molecule has 1 aliphatic heterocycles. The molecule has 4 aromatic rings. The lowest BCUT2D eigenvalue weighted by molar-refractivity contribution is 0.0332. The second-order valence-electron chi connectivity index (χ2n) is 11.2. The van der Waals surface area contributed by atoms with Gasteiger partial charge in [0.05, 0.1) is 30.7 Å². The SMILES string of the molecule is CC1CC(c2cccc(-n3cc(C4CC4)c4nc(CN5CCOCC5)[nH]c4c3=O)c2)(c2nncn2C)C1. The predicted molar refractivity (Wildman–Crippen MR) is 140 cm³/mol. The summed E-state index contributed by atoms with van der Waals surface area (Å²) in [7, 11) is 2.01. The number of aryl methyl sites for hydroxylation is 1. The maximum atomic E-state index is 13.8. The number of ether oxygens (including phenoxy) is 1. The van der Waals surface area contributed by atoms with Crippen molar-refractivity contribution in [3.63, 3.8) is 0 Å². The molecule has 7 rings (SSSR count). The highest BCUT2D eigenvalue weighted by atomic mass is 16.5. The molecule has 4 heterocycles. The first-order valence-electron chi connectivity index (χ1n) is 13.4. The summed E-state index contributed by atoms with van der Waals surface area (Å²) in [6, 6.07) is 8.45. The van der Waals surface area contributed by atoms with Gasteiger partial charge in [0.25, 0.3) is 5.56 Å². The first-order valence-corrected chi connectivity index (χ1v) is 13.4. The van der Waals surface area contributed by atoms with E-state index >= 15 is 0 Å². The number of hydrogen-bond donors (Lipinski definition) is 1. The summed E-state index contributed by atoms with van der Waals surface area (Å²) >= 11 is 0. The number of pyridine rings is 1. The highest BCUT2D eigenvalue weighted by Crippen LogP contribution is 2.51. The number of fused-ring (bicyclic) bond motifs is 1. The fraction of sp³-hybridized carbons (Fsp3) is 0.500. The molecule has 1 aromatic carbocycles. The van der Waals surface area contributed by atoms with Gasteiger partial charge in [0.2, 0.25) is 0 Å². The van der Waals surface area contributed by atoms with Crippen LogP contribution in [0, 0.1) is 5.92 Å². The molecule has 192 valence electrons. The number of benzene rings is 1. The van der Waals surface area contributed by atoms with Gasteiger partial charge < -0.3 is 14.3 Å². The summed E-state index contributed by atoms with van der Waals surface area (Å²) in [5.74, 6) is 2.93. The zero-order valence-corrected chi connectivity index (χ0v) is 21.5. The topological polar surface area (TPSA) is 93.9 Å². The van der Waals surface area contributed by atoms with Crippen LogP contribution in [-0.4, -0.2) is 60.5 Å². The lowest BCUT2D eigenvalue weighted by atomic mass is 9.58. The monoisotopic (exact) mass is 499 g/mol. The standard InChI is InChI=1S/C28H33N7O2/c1-18-13-28(14-18,27-32-29-17-33(27)2)20-4-3-5-21(12-20)35-15-22(19-6-7-19)24-25(26(35)36)31-23(30-24)16-34-8-10-37-11-9-34/h3-5,12,15,17-19H,6-11,13-14,16H2,1-2H3,(H,30,31). The number of imidazole rings is 1. The third kappa shape index (κ3) is 3.83. The minimum atomic E-state index is -0.174. The van der Waals surface area contributed by atoms with Crippen LogP contribution in [-0.2, 0) is 23.7 Å². The molecule has 0 unspecified atom stereocenters. The van der Waals surface area contributed by atoms with Crippen molar-refractivity contribution in [2.75, 3.05) is 26.3 Å². The van der Waals surface area contributed by atoms with Crippen LogP contribution in [0.15, 0.2) is 41.6 Å². The van der Waals surface area contributed by atoms with Gasteiger partial charge in [-0.3, -0.25) is 14.3 Å². The zero-order chi connectivity index (χ0) is 25.1. The Hall–Kier alpha value is -3.30. The molecule has 0 spiro atoms. The Balaban J connectivity index is 1.31. The van der Waals surface area contributed by atoms with Crippen LogP contribution in [0.3, 0.4) is 0 Å². The fourth-order valence-corrected chi connectivity index (χ4v) is 6.44. The van der Waals surface area contributed by atoms with Crippen LogP contribution in [0.25, 0.3) is 16.7 Å². The summed E-state index contributed by atoms with van der Waals surface area (Å²) in [6.07, 6.45) is 8.15. The van der Waals surface area contributed by atoms with Gasteiger partial charge in [-0.2, -0.15) is 0 Å². The molecule has 0 bridgehead atoms. The van der Waals surface area contributed by atoms with Crippen LogP contribution in [0.1, 0.15) is 61.3 Å². The lowest BCUT2D eigenvalue weighted by Gasteiger charge is -2.46. The minimum Gasteiger partial charge on any atom is -0.379 e. The highest BCUT2D eigenvalue weighted by Gasteiger charge is 2.48. The number of nitrogens with zero attached hydrogens (tertiary/aromatic N) is 6. The van der Waals surface area contributed by atoms with Gasteiger partial charge in [-0.1, -0.05) is 19.1 Å². The van der Waals surface area contributed by atoms with E-state index in [1.54, 1.807) is 6.33 Å². The van der Waals surface area contributed by atoms with Crippen LogP contribution in [0.5, 0.6) is 0 Å². The van der Waals surface area contributed by atoms with Gasteiger partial charge in [0, 0.05) is 37.6 Å². The van der Waals surface area contributed by atoms with Crippen LogP contribution < -0.4 is 5.56 Å². The number of morpholine rings is 1. The molecule has 2 saturated carbocycles. The van der Waals surface area contributed by atoms with Gasteiger partial charge in [0.15, 0.2) is 0 Å². The minimum absolute atomic E-state index is 0.0491. The Morgan fingerprint density at radius 2 is 2.00 bits per heavy atom. The van der Waals surface area contributed by atoms with Crippen molar-refractivity contribution in [2.24, 2.45) is 13.0 Å². The Kier molecular flexibility index (Phi) is 5.33. The van der Waals surface area contributed by atoms with E-state index in [4.69, 9.17) is 9.72 Å². The van der Waals surface area contributed by atoms with Crippen molar-refractivity contribution in [2.45, 2.75) is 50.5 Å². The summed E-state index contributed by atoms with van der Waals surface area (Å²) in [4.78, 5) is 24.5. The summed E-state index contributed by atoms with van der Waals surface area (Å²) < 4.78 is 9.34. The summed E-state index contributed by atoms with van der Waals surface area (Å²) in [5, 5.41) is 8.66.